The van der Waals surface area contributed by atoms with Gasteiger partial charge < -0.3 is 9.47 Å². The summed E-state index contributed by atoms with van der Waals surface area (Å²) in [5.41, 5.74) is -3.51. The molecular weight excluding hydrogens is 403 g/mol. The number of methoxy groups -OCH3 is 1. The molecule has 0 aliphatic heterocycles. The highest BCUT2D eigenvalue weighted by molar-refractivity contribution is 7.09. The minimum Gasteiger partial charge on any atom is -0.452 e. The third-order valence-corrected chi connectivity index (χ3v) is 5.59. The number of rotatable bonds is 11. The number of benzene rings is 1. The van der Waals surface area contributed by atoms with E-state index in [-0.39, 0.29) is 5.56 Å². The summed E-state index contributed by atoms with van der Waals surface area (Å²) in [6.45, 7) is 2.10. The topological polar surface area (TPSA) is 48.4 Å². The third kappa shape index (κ3) is 5.57. The van der Waals surface area contributed by atoms with Crippen LogP contribution in [0.25, 0.3) is 0 Å². The number of ether oxygens (including phenoxy) is 2. The minimum atomic E-state index is -4.99. The van der Waals surface area contributed by atoms with E-state index in [9.17, 15) is 18.0 Å². The first-order valence-corrected chi connectivity index (χ1v) is 10.5. The lowest BCUT2D eigenvalue weighted by Gasteiger charge is -2.33. The number of hydrogen-bond acceptors (Lipinski definition) is 5. The highest BCUT2D eigenvalue weighted by Gasteiger charge is 2.64. The van der Waals surface area contributed by atoms with Gasteiger partial charge in [-0.2, -0.15) is 13.2 Å². The van der Waals surface area contributed by atoms with Crippen LogP contribution in [0.5, 0.6) is 0 Å². The number of esters is 1. The van der Waals surface area contributed by atoms with Crippen LogP contribution in [-0.4, -0.2) is 24.2 Å². The van der Waals surface area contributed by atoms with Crippen LogP contribution < -0.4 is 0 Å². The second kappa shape index (κ2) is 10.7. The first-order chi connectivity index (χ1) is 13.9. The summed E-state index contributed by atoms with van der Waals surface area (Å²) in [5.74, 6) is -1.48. The second-order valence-corrected chi connectivity index (χ2v) is 7.64. The molecule has 0 N–H and O–H groups in total. The van der Waals surface area contributed by atoms with Gasteiger partial charge in [-0.15, -0.1) is 11.3 Å². The molecule has 2 aromatic rings. The van der Waals surface area contributed by atoms with E-state index in [1.807, 2.05) is 0 Å². The van der Waals surface area contributed by atoms with E-state index in [1.54, 1.807) is 17.6 Å². The Bertz CT molecular complexity index is 737. The van der Waals surface area contributed by atoms with E-state index in [1.165, 1.54) is 35.6 Å². The van der Waals surface area contributed by atoms with Gasteiger partial charge in [0.1, 0.15) is 5.01 Å². The molecule has 1 aromatic carbocycles. The number of alkyl halides is 3. The van der Waals surface area contributed by atoms with Gasteiger partial charge in [0.15, 0.2) is 6.10 Å². The molecule has 1 aromatic heterocycles. The fraction of sp³-hybridized carbons (Fsp3) is 0.524. The van der Waals surface area contributed by atoms with Crippen molar-refractivity contribution in [1.29, 1.82) is 0 Å². The van der Waals surface area contributed by atoms with Crippen LogP contribution in [0.1, 0.15) is 62.1 Å². The van der Waals surface area contributed by atoms with Gasteiger partial charge in [0.2, 0.25) is 0 Å². The SMILES string of the molecule is CCCCCCC[C@H](OC(=O)[C@@](OC)(c1ccccc1)C(F)(F)F)c1nccs1. The van der Waals surface area contributed by atoms with Crippen molar-refractivity contribution >= 4 is 17.3 Å². The summed E-state index contributed by atoms with van der Waals surface area (Å²) in [6.07, 6.45) is 0.983. The fourth-order valence-corrected chi connectivity index (χ4v) is 3.86. The normalized spacial score (nSPS) is 14.9. The zero-order valence-electron chi connectivity index (χ0n) is 16.6. The predicted molar refractivity (Wildman–Crippen MR) is 106 cm³/mol. The van der Waals surface area contributed by atoms with Crippen molar-refractivity contribution < 1.29 is 27.4 Å². The second-order valence-electron chi connectivity index (χ2n) is 6.72. The molecule has 1 heterocycles. The van der Waals surface area contributed by atoms with Crippen molar-refractivity contribution in [3.05, 3.63) is 52.5 Å². The van der Waals surface area contributed by atoms with E-state index >= 15 is 0 Å². The number of carbonyl (C=O) groups excluding carboxylic acids is 1. The molecule has 2 rings (SSSR count). The van der Waals surface area contributed by atoms with Gasteiger partial charge >= 0.3 is 12.1 Å². The van der Waals surface area contributed by atoms with Gasteiger partial charge in [-0.1, -0.05) is 62.9 Å². The van der Waals surface area contributed by atoms with E-state index in [2.05, 4.69) is 11.9 Å². The van der Waals surface area contributed by atoms with E-state index in [4.69, 9.17) is 9.47 Å². The Kier molecular flexibility index (Phi) is 8.64. The van der Waals surface area contributed by atoms with Gasteiger partial charge in [0, 0.05) is 24.3 Å². The van der Waals surface area contributed by atoms with E-state index in [0.717, 1.165) is 39.2 Å². The summed E-state index contributed by atoms with van der Waals surface area (Å²) in [5, 5.41) is 2.19. The van der Waals surface area contributed by atoms with E-state index in [0.29, 0.717) is 11.4 Å². The lowest BCUT2D eigenvalue weighted by molar-refractivity contribution is -0.278. The van der Waals surface area contributed by atoms with Gasteiger partial charge in [-0.3, -0.25) is 0 Å². The van der Waals surface area contributed by atoms with Crippen molar-refractivity contribution in [2.45, 2.75) is 63.3 Å². The average molecular weight is 430 g/mol. The number of thiazole rings is 1. The first kappa shape index (κ1) is 23.3. The van der Waals surface area contributed by atoms with E-state index < -0.39 is 23.9 Å². The highest BCUT2D eigenvalue weighted by Crippen LogP contribution is 2.44. The number of carbonyl (C=O) groups is 1. The number of hydrogen-bond donors (Lipinski definition) is 0. The maximum atomic E-state index is 14.1. The van der Waals surface area contributed by atoms with Crippen LogP contribution >= 0.6 is 11.3 Å². The molecule has 2 atom stereocenters. The van der Waals surface area contributed by atoms with Crippen LogP contribution in [0.4, 0.5) is 13.2 Å². The van der Waals surface area contributed by atoms with Gasteiger partial charge in [-0.05, 0) is 12.8 Å². The lowest BCUT2D eigenvalue weighted by atomic mass is 9.92. The standard InChI is InChI=1S/C21H26F3NO3S/c1-3-4-5-6-10-13-17(18-25-14-15-29-18)28-19(26)20(27-2,21(22,23)24)16-11-8-7-9-12-16/h7-9,11-12,14-15,17H,3-6,10,13H2,1-2H3/t17-,20-/m0/s1. The maximum absolute atomic E-state index is 14.1. The molecule has 29 heavy (non-hydrogen) atoms. The third-order valence-electron chi connectivity index (χ3n) is 4.72. The van der Waals surface area contributed by atoms with Crippen molar-refractivity contribution in [1.82, 2.24) is 4.98 Å². The van der Waals surface area contributed by atoms with Crippen molar-refractivity contribution in [2.24, 2.45) is 0 Å². The van der Waals surface area contributed by atoms with Gasteiger partial charge in [0.05, 0.1) is 0 Å². The molecule has 0 saturated carbocycles. The number of halogens is 3. The summed E-state index contributed by atoms with van der Waals surface area (Å²) < 4.78 is 52.4. The Balaban J connectivity index is 2.26. The van der Waals surface area contributed by atoms with Crippen molar-refractivity contribution in [3.63, 3.8) is 0 Å². The molecular formula is C21H26F3NO3S. The Hall–Kier alpha value is -1.93. The van der Waals surface area contributed by atoms with Crippen LogP contribution in [-0.2, 0) is 19.9 Å². The Morgan fingerprint density at radius 1 is 1.14 bits per heavy atom. The smallest absolute Gasteiger partial charge is 0.432 e. The molecule has 0 spiro atoms. The molecule has 0 aliphatic carbocycles. The monoisotopic (exact) mass is 429 g/mol. The highest BCUT2D eigenvalue weighted by atomic mass is 32.1. The first-order valence-electron chi connectivity index (χ1n) is 9.64. The van der Waals surface area contributed by atoms with Crippen LogP contribution in [0.2, 0.25) is 0 Å². The molecule has 0 saturated heterocycles. The summed E-state index contributed by atoms with van der Waals surface area (Å²) >= 11 is 1.25. The summed E-state index contributed by atoms with van der Waals surface area (Å²) in [7, 11) is 0.866. The lowest BCUT2D eigenvalue weighted by Crippen LogP contribution is -2.52. The predicted octanol–water partition coefficient (Wildman–Crippen LogP) is 6.19. The maximum Gasteiger partial charge on any atom is 0.432 e. The van der Waals surface area contributed by atoms with Crippen LogP contribution in [0.15, 0.2) is 41.9 Å². The molecule has 160 valence electrons. The Labute approximate surface area is 173 Å². The molecule has 0 unspecified atom stereocenters. The summed E-state index contributed by atoms with van der Waals surface area (Å²) in [4.78, 5) is 17.0. The van der Waals surface area contributed by atoms with Gasteiger partial charge in [-0.25, -0.2) is 9.78 Å². The Morgan fingerprint density at radius 3 is 2.38 bits per heavy atom. The molecule has 8 heteroatoms. The number of unbranched alkanes of at least 4 members (excludes halogenated alkanes) is 4. The zero-order valence-corrected chi connectivity index (χ0v) is 17.4. The van der Waals surface area contributed by atoms with Crippen molar-refractivity contribution in [3.8, 4) is 0 Å². The van der Waals surface area contributed by atoms with Crippen LogP contribution in [0.3, 0.4) is 0 Å². The molecule has 0 radical (unpaired) electrons. The zero-order chi connectivity index (χ0) is 21.3. The Morgan fingerprint density at radius 2 is 1.83 bits per heavy atom. The number of nitrogens with zero attached hydrogens (tertiary/aromatic N) is 1. The summed E-state index contributed by atoms with van der Waals surface area (Å²) in [6, 6.07) is 6.84. The van der Waals surface area contributed by atoms with Crippen molar-refractivity contribution in [2.75, 3.05) is 7.11 Å². The largest absolute Gasteiger partial charge is 0.452 e. The average Bonchev–Trinajstić information content (AvgIpc) is 3.22. The van der Waals surface area contributed by atoms with Crippen LogP contribution in [0, 0.1) is 0 Å². The molecule has 0 bridgehead atoms. The molecule has 0 aliphatic rings. The van der Waals surface area contributed by atoms with Gasteiger partial charge in [0.25, 0.3) is 5.60 Å². The number of aromatic nitrogens is 1. The quantitative estimate of drug-likeness (QED) is 0.316. The fourth-order valence-electron chi connectivity index (χ4n) is 3.16. The minimum absolute atomic E-state index is 0.319. The molecule has 4 nitrogen and oxygen atoms in total. The molecule has 0 amide bonds. The molecule has 0 fully saturated rings.